The van der Waals surface area contributed by atoms with Gasteiger partial charge in [-0.1, -0.05) is 0 Å². The molecule has 0 saturated carbocycles. The number of H-pyrrole nitrogens is 1. The number of aliphatic carboxylic acids is 1. The van der Waals surface area contributed by atoms with Crippen LogP contribution < -0.4 is 26.2 Å². The number of carboxylic acids is 1. The number of anilines is 1. The topological polar surface area (TPSA) is 181 Å². The molecule has 0 bridgehead atoms. The number of ether oxygens (including phenoxy) is 2. The van der Waals surface area contributed by atoms with Crippen LogP contribution in [-0.4, -0.2) is 56.1 Å². The SMILES string of the molecule is CCOc1cc(C(Nc2ccc(C(=N)N)cc2)c2nn(C3=C(C(=O)O)SCC3)c(=O)[nH]2)cnc1OC. The number of pyridine rings is 1. The summed E-state index contributed by atoms with van der Waals surface area (Å²) in [6.07, 6.45) is 1.98. The number of thioether (sulfide) groups is 1. The van der Waals surface area contributed by atoms with Gasteiger partial charge in [-0.25, -0.2) is 14.6 Å². The maximum absolute atomic E-state index is 12.9. The van der Waals surface area contributed by atoms with Gasteiger partial charge < -0.3 is 25.6 Å². The van der Waals surface area contributed by atoms with Crippen molar-refractivity contribution >= 4 is 35.0 Å². The minimum Gasteiger partial charge on any atom is -0.488 e. The second-order valence-corrected chi connectivity index (χ2v) is 8.79. The van der Waals surface area contributed by atoms with E-state index >= 15 is 0 Å². The number of nitrogen functional groups attached to an aromatic ring is 1. The monoisotopic (exact) mass is 511 g/mol. The molecule has 3 aromatic rings. The number of nitrogens with one attached hydrogen (secondary N) is 3. The van der Waals surface area contributed by atoms with Gasteiger partial charge in [0.15, 0.2) is 11.6 Å². The number of hydrogen-bond donors (Lipinski definition) is 5. The Hall–Kier alpha value is -4.26. The molecule has 188 valence electrons. The van der Waals surface area contributed by atoms with E-state index in [1.54, 1.807) is 36.5 Å². The van der Waals surface area contributed by atoms with E-state index in [4.69, 9.17) is 20.6 Å². The van der Waals surface area contributed by atoms with E-state index in [0.29, 0.717) is 52.9 Å². The summed E-state index contributed by atoms with van der Waals surface area (Å²) in [6.45, 7) is 2.23. The average molecular weight is 512 g/mol. The van der Waals surface area contributed by atoms with Crippen molar-refractivity contribution < 1.29 is 19.4 Å². The number of carboxylic acid groups (broad SMARTS) is 1. The molecule has 0 spiro atoms. The number of allylic oxidation sites excluding steroid dienone is 1. The zero-order valence-electron chi connectivity index (χ0n) is 19.6. The Morgan fingerprint density at radius 3 is 2.78 bits per heavy atom. The molecule has 1 aliphatic rings. The highest BCUT2D eigenvalue weighted by molar-refractivity contribution is 8.04. The van der Waals surface area contributed by atoms with Crippen LogP contribution >= 0.6 is 11.8 Å². The number of methoxy groups -OCH3 is 1. The predicted molar refractivity (Wildman–Crippen MR) is 136 cm³/mol. The highest BCUT2D eigenvalue weighted by Gasteiger charge is 2.28. The lowest BCUT2D eigenvalue weighted by Gasteiger charge is -2.19. The van der Waals surface area contributed by atoms with Gasteiger partial charge in [0.1, 0.15) is 16.8 Å². The summed E-state index contributed by atoms with van der Waals surface area (Å²) in [5.74, 6) is 0.378. The first kappa shape index (κ1) is 24.9. The Morgan fingerprint density at radius 1 is 1.39 bits per heavy atom. The Bertz CT molecular complexity index is 1380. The molecule has 1 aliphatic heterocycles. The molecule has 0 fully saturated rings. The molecule has 0 amide bonds. The van der Waals surface area contributed by atoms with Crippen LogP contribution in [0.25, 0.3) is 5.70 Å². The molecule has 0 radical (unpaired) electrons. The largest absolute Gasteiger partial charge is 0.488 e. The molecule has 1 unspecified atom stereocenters. The van der Waals surface area contributed by atoms with Crippen molar-refractivity contribution in [3.05, 3.63) is 68.9 Å². The number of nitrogens with two attached hydrogens (primary N) is 1. The minimum atomic E-state index is -1.09. The number of nitrogens with zero attached hydrogens (tertiary/aromatic N) is 3. The van der Waals surface area contributed by atoms with E-state index in [-0.39, 0.29) is 16.6 Å². The van der Waals surface area contributed by atoms with Gasteiger partial charge in [-0.05, 0) is 37.3 Å². The lowest BCUT2D eigenvalue weighted by atomic mass is 10.1. The summed E-state index contributed by atoms with van der Waals surface area (Å²) in [5, 5.41) is 24.9. The van der Waals surface area contributed by atoms with Crippen LogP contribution in [0.5, 0.6) is 11.6 Å². The standard InChI is InChI=1S/C23H25N7O5S/c1-3-35-16-10-13(11-26-21(16)34-2)17(27-14-6-4-12(5-7-14)19(24)25)20-28-23(33)30(29-20)15-8-9-36-18(15)22(31)32/h4-7,10-11,17,27H,3,8-9H2,1-2H3,(H3,24,25)(H,31,32)(H,28,29,33). The van der Waals surface area contributed by atoms with Gasteiger partial charge >= 0.3 is 11.7 Å². The van der Waals surface area contributed by atoms with E-state index in [9.17, 15) is 14.7 Å². The van der Waals surface area contributed by atoms with Crippen molar-refractivity contribution in [2.24, 2.45) is 5.73 Å². The molecule has 2 aromatic heterocycles. The fraction of sp³-hybridized carbons (Fsp3) is 0.261. The zero-order valence-corrected chi connectivity index (χ0v) is 20.4. The van der Waals surface area contributed by atoms with Crippen molar-refractivity contribution in [2.45, 2.75) is 19.4 Å². The zero-order chi connectivity index (χ0) is 25.8. The summed E-state index contributed by atoms with van der Waals surface area (Å²) in [4.78, 5) is 31.7. The summed E-state index contributed by atoms with van der Waals surface area (Å²) in [7, 11) is 1.49. The van der Waals surface area contributed by atoms with Crippen molar-refractivity contribution in [1.82, 2.24) is 19.7 Å². The molecule has 1 atom stereocenters. The van der Waals surface area contributed by atoms with Crippen LogP contribution in [0.15, 0.2) is 46.2 Å². The number of rotatable bonds is 10. The molecular weight excluding hydrogens is 486 g/mol. The van der Waals surface area contributed by atoms with Gasteiger partial charge in [0.05, 0.1) is 19.4 Å². The summed E-state index contributed by atoms with van der Waals surface area (Å²) in [6, 6.07) is 7.93. The summed E-state index contributed by atoms with van der Waals surface area (Å²) >= 11 is 1.18. The number of aromatic nitrogens is 4. The first-order chi connectivity index (χ1) is 17.3. The highest BCUT2D eigenvalue weighted by Crippen LogP contribution is 2.35. The van der Waals surface area contributed by atoms with E-state index in [1.165, 1.54) is 18.9 Å². The third-order valence-corrected chi connectivity index (χ3v) is 6.49. The lowest BCUT2D eigenvalue weighted by Crippen LogP contribution is -2.18. The number of aromatic amines is 1. The van der Waals surface area contributed by atoms with Crippen molar-refractivity contribution in [2.75, 3.05) is 24.8 Å². The second kappa shape index (κ2) is 10.6. The van der Waals surface area contributed by atoms with Crippen LogP contribution in [0.4, 0.5) is 5.69 Å². The number of hydrogen-bond acceptors (Lipinski definition) is 9. The van der Waals surface area contributed by atoms with E-state index in [0.717, 1.165) is 4.68 Å². The second-order valence-electron chi connectivity index (χ2n) is 7.68. The summed E-state index contributed by atoms with van der Waals surface area (Å²) in [5.41, 5.74) is 7.19. The fourth-order valence-corrected chi connectivity index (χ4v) is 4.70. The van der Waals surface area contributed by atoms with Gasteiger partial charge in [-0.2, -0.15) is 4.68 Å². The molecule has 3 heterocycles. The Morgan fingerprint density at radius 2 is 2.14 bits per heavy atom. The summed E-state index contributed by atoms with van der Waals surface area (Å²) < 4.78 is 12.1. The molecule has 0 aliphatic carbocycles. The van der Waals surface area contributed by atoms with Gasteiger partial charge in [0.25, 0.3) is 5.88 Å². The number of amidine groups is 1. The third-order valence-electron chi connectivity index (χ3n) is 5.38. The first-order valence-corrected chi connectivity index (χ1v) is 12.0. The maximum atomic E-state index is 12.9. The molecule has 0 saturated heterocycles. The van der Waals surface area contributed by atoms with Crippen molar-refractivity contribution in [3.63, 3.8) is 0 Å². The molecule has 6 N–H and O–H groups in total. The van der Waals surface area contributed by atoms with Gasteiger partial charge in [0.2, 0.25) is 0 Å². The highest BCUT2D eigenvalue weighted by atomic mass is 32.2. The molecule has 12 nitrogen and oxygen atoms in total. The first-order valence-electron chi connectivity index (χ1n) is 11.0. The Labute approximate surface area is 210 Å². The van der Waals surface area contributed by atoms with Crippen LogP contribution in [0, 0.1) is 5.41 Å². The number of benzene rings is 1. The van der Waals surface area contributed by atoms with Crippen LogP contribution in [-0.2, 0) is 4.79 Å². The molecular formula is C23H25N7O5S. The average Bonchev–Trinajstić information content (AvgIpc) is 3.49. The van der Waals surface area contributed by atoms with Crippen molar-refractivity contribution in [1.29, 1.82) is 5.41 Å². The quantitative estimate of drug-likeness (QED) is 0.200. The minimum absolute atomic E-state index is 0.0566. The fourth-order valence-electron chi connectivity index (χ4n) is 3.73. The maximum Gasteiger partial charge on any atom is 0.347 e. The molecule has 13 heteroatoms. The van der Waals surface area contributed by atoms with Crippen LogP contribution in [0.2, 0.25) is 0 Å². The molecule has 4 rings (SSSR count). The van der Waals surface area contributed by atoms with E-state index in [1.807, 2.05) is 6.92 Å². The van der Waals surface area contributed by atoms with Crippen LogP contribution in [0.1, 0.15) is 36.3 Å². The normalized spacial score (nSPS) is 13.9. The Kier molecular flexibility index (Phi) is 7.29. The smallest absolute Gasteiger partial charge is 0.347 e. The third kappa shape index (κ3) is 5.05. The predicted octanol–water partition coefficient (Wildman–Crippen LogP) is 2.25. The Balaban J connectivity index is 1.80. The molecule has 36 heavy (non-hydrogen) atoms. The van der Waals surface area contributed by atoms with Gasteiger partial charge in [-0.15, -0.1) is 16.9 Å². The number of carbonyl (C=O) groups is 1. The lowest BCUT2D eigenvalue weighted by molar-refractivity contribution is -0.131. The van der Waals surface area contributed by atoms with Gasteiger partial charge in [-0.3, -0.25) is 10.4 Å². The molecule has 1 aromatic carbocycles. The van der Waals surface area contributed by atoms with E-state index in [2.05, 4.69) is 20.4 Å². The van der Waals surface area contributed by atoms with Crippen molar-refractivity contribution in [3.8, 4) is 11.6 Å². The van der Waals surface area contributed by atoms with E-state index < -0.39 is 17.7 Å². The van der Waals surface area contributed by atoms with Crippen LogP contribution in [0.3, 0.4) is 0 Å². The van der Waals surface area contributed by atoms with Gasteiger partial charge in [0, 0.05) is 35.2 Å².